The SMILES string of the molecule is CN(C1CCCCC1)S(=O)(=O)N1CCN(C(=O)C2CCCN(C(=O)OC(C)(C)C)C2)CC1. The van der Waals surface area contributed by atoms with Gasteiger partial charge in [0.15, 0.2) is 0 Å². The van der Waals surface area contributed by atoms with Crippen LogP contribution >= 0.6 is 0 Å². The Morgan fingerprint density at radius 2 is 1.50 bits per heavy atom. The molecule has 9 nitrogen and oxygen atoms in total. The summed E-state index contributed by atoms with van der Waals surface area (Å²) in [4.78, 5) is 28.9. The van der Waals surface area contributed by atoms with Crippen molar-refractivity contribution in [3.8, 4) is 0 Å². The summed E-state index contributed by atoms with van der Waals surface area (Å²) in [6.07, 6.45) is 6.29. The van der Waals surface area contributed by atoms with Crippen molar-refractivity contribution in [3.05, 3.63) is 0 Å². The number of ether oxygens (including phenoxy) is 1. The van der Waals surface area contributed by atoms with E-state index in [1.807, 2.05) is 20.8 Å². The Bertz CT molecular complexity index is 768. The molecule has 0 bridgehead atoms. The van der Waals surface area contributed by atoms with Gasteiger partial charge in [0.1, 0.15) is 5.60 Å². The van der Waals surface area contributed by atoms with Crippen LogP contribution in [-0.2, 0) is 19.7 Å². The Hall–Kier alpha value is -1.39. The molecule has 0 radical (unpaired) electrons. The molecule has 0 N–H and O–H groups in total. The van der Waals surface area contributed by atoms with E-state index in [4.69, 9.17) is 4.74 Å². The van der Waals surface area contributed by atoms with Gasteiger partial charge in [0.2, 0.25) is 5.91 Å². The highest BCUT2D eigenvalue weighted by Gasteiger charge is 2.38. The fourth-order valence-electron chi connectivity index (χ4n) is 4.88. The number of rotatable bonds is 4. The lowest BCUT2D eigenvalue weighted by Crippen LogP contribution is -2.57. The molecule has 1 atom stereocenters. The van der Waals surface area contributed by atoms with Crippen molar-refractivity contribution in [2.45, 2.75) is 77.4 Å². The second kappa shape index (κ2) is 10.3. The molecular weight excluding hydrogens is 432 g/mol. The van der Waals surface area contributed by atoms with Crippen LogP contribution in [0.2, 0.25) is 0 Å². The van der Waals surface area contributed by atoms with Crippen molar-refractivity contribution in [1.82, 2.24) is 18.4 Å². The van der Waals surface area contributed by atoms with E-state index >= 15 is 0 Å². The van der Waals surface area contributed by atoms with E-state index in [-0.39, 0.29) is 24.0 Å². The van der Waals surface area contributed by atoms with E-state index < -0.39 is 15.8 Å². The van der Waals surface area contributed by atoms with E-state index in [1.54, 1.807) is 21.2 Å². The minimum Gasteiger partial charge on any atom is -0.444 e. The molecule has 3 aliphatic rings. The summed E-state index contributed by atoms with van der Waals surface area (Å²) in [6.45, 7) is 7.85. The lowest BCUT2D eigenvalue weighted by atomic mass is 9.96. The number of piperidine rings is 1. The maximum Gasteiger partial charge on any atom is 0.410 e. The van der Waals surface area contributed by atoms with Gasteiger partial charge in [0.25, 0.3) is 10.2 Å². The Kier molecular flexibility index (Phi) is 8.09. The third-order valence-electron chi connectivity index (χ3n) is 6.75. The highest BCUT2D eigenvalue weighted by Crippen LogP contribution is 2.26. The molecule has 3 fully saturated rings. The van der Waals surface area contributed by atoms with Crippen molar-refractivity contribution < 1.29 is 22.7 Å². The third-order valence-corrected chi connectivity index (χ3v) is 8.80. The van der Waals surface area contributed by atoms with Gasteiger partial charge in [-0.25, -0.2) is 4.79 Å². The summed E-state index contributed by atoms with van der Waals surface area (Å²) in [5, 5.41) is 0. The number of nitrogens with zero attached hydrogens (tertiary/aromatic N) is 4. The van der Waals surface area contributed by atoms with Crippen LogP contribution in [0.3, 0.4) is 0 Å². The third kappa shape index (κ3) is 6.14. The predicted molar refractivity (Wildman–Crippen MR) is 122 cm³/mol. The van der Waals surface area contributed by atoms with Crippen molar-refractivity contribution in [3.63, 3.8) is 0 Å². The van der Waals surface area contributed by atoms with Gasteiger partial charge in [0.05, 0.1) is 5.92 Å². The van der Waals surface area contributed by atoms with E-state index in [9.17, 15) is 18.0 Å². The standard InChI is InChI=1S/C22H40N4O5S/c1-22(2,3)31-21(28)25-12-8-9-18(17-25)20(27)24-13-15-26(16-14-24)32(29,30)23(4)19-10-6-5-7-11-19/h18-19H,5-17H2,1-4H3. The predicted octanol–water partition coefficient (Wildman–Crippen LogP) is 2.29. The summed E-state index contributed by atoms with van der Waals surface area (Å²) < 4.78 is 34.7. The molecule has 2 amide bonds. The van der Waals surface area contributed by atoms with Crippen LogP contribution in [0.5, 0.6) is 0 Å². The average Bonchev–Trinajstić information content (AvgIpc) is 2.77. The number of carbonyl (C=O) groups is 2. The van der Waals surface area contributed by atoms with E-state index in [1.165, 1.54) is 10.7 Å². The molecule has 0 aromatic carbocycles. The molecule has 2 saturated heterocycles. The molecule has 1 saturated carbocycles. The number of piperazine rings is 1. The first-order chi connectivity index (χ1) is 15.0. The largest absolute Gasteiger partial charge is 0.444 e. The van der Waals surface area contributed by atoms with Crippen LogP contribution in [0.4, 0.5) is 4.79 Å². The maximum atomic E-state index is 13.1. The number of amides is 2. The molecule has 0 spiro atoms. The van der Waals surface area contributed by atoms with Gasteiger partial charge in [-0.3, -0.25) is 4.79 Å². The van der Waals surface area contributed by atoms with Crippen molar-refractivity contribution in [2.24, 2.45) is 5.92 Å². The van der Waals surface area contributed by atoms with Crippen LogP contribution < -0.4 is 0 Å². The lowest BCUT2D eigenvalue weighted by Gasteiger charge is -2.40. The first-order valence-electron chi connectivity index (χ1n) is 12.0. The number of hydrogen-bond donors (Lipinski definition) is 0. The molecule has 2 heterocycles. The molecule has 0 aromatic rings. The minimum atomic E-state index is -3.51. The zero-order chi connectivity index (χ0) is 23.5. The fourth-order valence-corrected chi connectivity index (χ4v) is 6.46. The van der Waals surface area contributed by atoms with Crippen LogP contribution in [0, 0.1) is 5.92 Å². The van der Waals surface area contributed by atoms with Crippen LogP contribution in [0.15, 0.2) is 0 Å². The summed E-state index contributed by atoms with van der Waals surface area (Å²) in [6, 6.07) is 0.0782. The topological polar surface area (TPSA) is 90.5 Å². The van der Waals surface area contributed by atoms with Gasteiger partial charge >= 0.3 is 6.09 Å². The van der Waals surface area contributed by atoms with E-state index in [2.05, 4.69) is 0 Å². The quantitative estimate of drug-likeness (QED) is 0.626. The van der Waals surface area contributed by atoms with Gasteiger partial charge in [0, 0.05) is 52.4 Å². The van der Waals surface area contributed by atoms with Crippen LogP contribution in [0.25, 0.3) is 0 Å². The van der Waals surface area contributed by atoms with E-state index in [0.717, 1.165) is 38.5 Å². The first-order valence-corrected chi connectivity index (χ1v) is 13.4. The number of carbonyl (C=O) groups excluding carboxylic acids is 2. The Balaban J connectivity index is 1.53. The Morgan fingerprint density at radius 3 is 2.09 bits per heavy atom. The van der Waals surface area contributed by atoms with Crippen molar-refractivity contribution in [1.29, 1.82) is 0 Å². The first kappa shape index (κ1) is 25.2. The molecule has 2 aliphatic heterocycles. The number of hydrogen-bond acceptors (Lipinski definition) is 5. The smallest absolute Gasteiger partial charge is 0.410 e. The van der Waals surface area contributed by atoms with Gasteiger partial charge in [-0.15, -0.1) is 0 Å². The normalized spacial score (nSPS) is 24.6. The Labute approximate surface area is 193 Å². The summed E-state index contributed by atoms with van der Waals surface area (Å²) in [7, 11) is -1.82. The minimum absolute atomic E-state index is 0.0101. The van der Waals surface area contributed by atoms with Gasteiger partial charge in [-0.1, -0.05) is 19.3 Å². The average molecular weight is 473 g/mol. The Morgan fingerprint density at radius 1 is 0.875 bits per heavy atom. The summed E-state index contributed by atoms with van der Waals surface area (Å²) in [5.74, 6) is -0.250. The molecule has 10 heteroatoms. The van der Waals surface area contributed by atoms with Crippen LogP contribution in [0.1, 0.15) is 65.7 Å². The molecule has 3 rings (SSSR count). The molecule has 0 aromatic heterocycles. The highest BCUT2D eigenvalue weighted by molar-refractivity contribution is 7.86. The number of likely N-dealkylation sites (tertiary alicyclic amines) is 1. The van der Waals surface area contributed by atoms with Crippen LogP contribution in [-0.4, -0.2) is 96.8 Å². The zero-order valence-corrected chi connectivity index (χ0v) is 20.9. The second-order valence-corrected chi connectivity index (χ2v) is 12.3. The van der Waals surface area contributed by atoms with Crippen molar-refractivity contribution in [2.75, 3.05) is 46.3 Å². The van der Waals surface area contributed by atoms with E-state index in [0.29, 0.717) is 39.3 Å². The monoisotopic (exact) mass is 472 g/mol. The molecular formula is C22H40N4O5S. The lowest BCUT2D eigenvalue weighted by molar-refractivity contribution is -0.138. The maximum absolute atomic E-state index is 13.1. The molecule has 32 heavy (non-hydrogen) atoms. The van der Waals surface area contributed by atoms with Gasteiger partial charge in [-0.2, -0.15) is 17.0 Å². The molecule has 1 aliphatic carbocycles. The summed E-state index contributed by atoms with van der Waals surface area (Å²) in [5.41, 5.74) is -0.569. The highest BCUT2D eigenvalue weighted by atomic mass is 32.2. The zero-order valence-electron chi connectivity index (χ0n) is 20.1. The van der Waals surface area contributed by atoms with Gasteiger partial charge < -0.3 is 14.5 Å². The molecule has 184 valence electrons. The molecule has 1 unspecified atom stereocenters. The second-order valence-electron chi connectivity index (χ2n) is 10.3. The fraction of sp³-hybridized carbons (Fsp3) is 0.909. The van der Waals surface area contributed by atoms with Crippen molar-refractivity contribution >= 4 is 22.2 Å². The summed E-state index contributed by atoms with van der Waals surface area (Å²) >= 11 is 0. The van der Waals surface area contributed by atoms with Gasteiger partial charge in [-0.05, 0) is 46.5 Å².